The minimum Gasteiger partial charge on any atom is -0.446 e. The molecule has 0 bridgehead atoms. The van der Waals surface area contributed by atoms with Gasteiger partial charge < -0.3 is 19.5 Å². The van der Waals surface area contributed by atoms with Crippen molar-refractivity contribution >= 4 is 17.8 Å². The van der Waals surface area contributed by atoms with E-state index in [1.807, 2.05) is 13.0 Å². The Bertz CT molecular complexity index is 742. The maximum atomic E-state index is 12.0. The van der Waals surface area contributed by atoms with Gasteiger partial charge in [-0.05, 0) is 26.2 Å². The molecule has 140 valence electrons. The molecule has 0 radical (unpaired) electrons. The third-order valence-electron chi connectivity index (χ3n) is 4.57. The average Bonchev–Trinajstić information content (AvgIpc) is 3.35. The van der Waals surface area contributed by atoms with E-state index in [2.05, 4.69) is 20.7 Å². The fraction of sp³-hybridized carbons (Fsp3) is 0.529. The molecule has 0 spiro atoms. The van der Waals surface area contributed by atoms with Crippen molar-refractivity contribution in [1.29, 1.82) is 0 Å². The third kappa shape index (κ3) is 4.41. The molecule has 2 aromatic heterocycles. The van der Waals surface area contributed by atoms with Crippen molar-refractivity contribution in [3.8, 4) is 0 Å². The molecule has 0 aliphatic heterocycles. The number of rotatable bonds is 6. The van der Waals surface area contributed by atoms with Crippen LogP contribution in [0.4, 0.5) is 10.6 Å². The SMILES string of the molecule is CCN(C)C(=O)OC1CC[C@H](c2cc(NC(=O)Cc3ccno3)n[nH]2)C1. The summed E-state index contributed by atoms with van der Waals surface area (Å²) in [6.07, 6.45) is 3.70. The zero-order chi connectivity index (χ0) is 18.5. The number of nitrogens with one attached hydrogen (secondary N) is 2. The van der Waals surface area contributed by atoms with Gasteiger partial charge in [0.1, 0.15) is 11.9 Å². The van der Waals surface area contributed by atoms with Gasteiger partial charge in [0.15, 0.2) is 5.82 Å². The number of hydrogen-bond acceptors (Lipinski definition) is 6. The van der Waals surface area contributed by atoms with E-state index < -0.39 is 0 Å². The van der Waals surface area contributed by atoms with E-state index in [9.17, 15) is 9.59 Å². The largest absolute Gasteiger partial charge is 0.446 e. The Morgan fingerprint density at radius 2 is 2.31 bits per heavy atom. The Morgan fingerprint density at radius 1 is 1.46 bits per heavy atom. The molecule has 0 aromatic carbocycles. The number of aromatic amines is 1. The first-order chi connectivity index (χ1) is 12.5. The highest BCUT2D eigenvalue weighted by Gasteiger charge is 2.30. The number of nitrogens with zero attached hydrogens (tertiary/aromatic N) is 3. The second-order valence-corrected chi connectivity index (χ2v) is 6.44. The van der Waals surface area contributed by atoms with Crippen LogP contribution in [0, 0.1) is 0 Å². The second-order valence-electron chi connectivity index (χ2n) is 6.44. The van der Waals surface area contributed by atoms with Crippen LogP contribution in [-0.2, 0) is 16.0 Å². The van der Waals surface area contributed by atoms with Crippen LogP contribution in [0.25, 0.3) is 0 Å². The van der Waals surface area contributed by atoms with Crippen molar-refractivity contribution in [1.82, 2.24) is 20.3 Å². The summed E-state index contributed by atoms with van der Waals surface area (Å²) in [4.78, 5) is 25.4. The van der Waals surface area contributed by atoms with Gasteiger partial charge >= 0.3 is 6.09 Å². The van der Waals surface area contributed by atoms with Gasteiger partial charge in [-0.15, -0.1) is 0 Å². The fourth-order valence-electron chi connectivity index (χ4n) is 2.98. The van der Waals surface area contributed by atoms with Crippen molar-refractivity contribution in [2.45, 2.75) is 44.6 Å². The molecule has 2 atom stereocenters. The molecule has 9 nitrogen and oxygen atoms in total. The molecular formula is C17H23N5O4. The third-order valence-corrected chi connectivity index (χ3v) is 4.57. The lowest BCUT2D eigenvalue weighted by atomic mass is 10.0. The highest BCUT2D eigenvalue weighted by molar-refractivity contribution is 5.91. The maximum Gasteiger partial charge on any atom is 0.409 e. The summed E-state index contributed by atoms with van der Waals surface area (Å²) in [5.74, 6) is 0.972. The summed E-state index contributed by atoms with van der Waals surface area (Å²) in [6, 6.07) is 3.47. The van der Waals surface area contributed by atoms with Crippen LogP contribution in [0.2, 0.25) is 0 Å². The van der Waals surface area contributed by atoms with Crippen LogP contribution in [0.15, 0.2) is 22.9 Å². The van der Waals surface area contributed by atoms with Gasteiger partial charge in [0, 0.05) is 37.3 Å². The summed E-state index contributed by atoms with van der Waals surface area (Å²) >= 11 is 0. The molecular weight excluding hydrogens is 338 g/mol. The number of aromatic nitrogens is 3. The molecule has 2 N–H and O–H groups in total. The summed E-state index contributed by atoms with van der Waals surface area (Å²) in [6.45, 7) is 2.52. The number of hydrogen-bond donors (Lipinski definition) is 2. The van der Waals surface area contributed by atoms with Crippen LogP contribution >= 0.6 is 0 Å². The van der Waals surface area contributed by atoms with E-state index in [1.165, 1.54) is 6.20 Å². The second kappa shape index (κ2) is 8.03. The van der Waals surface area contributed by atoms with Crippen molar-refractivity contribution in [3.63, 3.8) is 0 Å². The molecule has 0 saturated heterocycles. The van der Waals surface area contributed by atoms with Crippen molar-refractivity contribution in [3.05, 3.63) is 29.8 Å². The lowest BCUT2D eigenvalue weighted by molar-refractivity contribution is -0.115. The minimum atomic E-state index is -0.289. The zero-order valence-corrected chi connectivity index (χ0v) is 14.9. The summed E-state index contributed by atoms with van der Waals surface area (Å²) in [5.41, 5.74) is 0.933. The Labute approximate surface area is 151 Å². The Kier molecular flexibility index (Phi) is 5.55. The Morgan fingerprint density at radius 3 is 3.04 bits per heavy atom. The molecule has 9 heteroatoms. The molecule has 1 aliphatic rings. The van der Waals surface area contributed by atoms with Crippen molar-refractivity contribution < 1.29 is 18.8 Å². The smallest absolute Gasteiger partial charge is 0.409 e. The van der Waals surface area contributed by atoms with Crippen molar-refractivity contribution in [2.24, 2.45) is 0 Å². The Hall–Kier alpha value is -2.84. The van der Waals surface area contributed by atoms with Gasteiger partial charge in [-0.1, -0.05) is 5.16 Å². The van der Waals surface area contributed by atoms with Crippen LogP contribution in [0.1, 0.15) is 43.6 Å². The van der Waals surface area contributed by atoms with E-state index in [1.54, 1.807) is 18.0 Å². The zero-order valence-electron chi connectivity index (χ0n) is 14.9. The number of H-pyrrole nitrogens is 1. The van der Waals surface area contributed by atoms with Gasteiger partial charge in [-0.2, -0.15) is 5.10 Å². The standard InChI is InChI=1S/C17H23N5O4/c1-3-22(2)17(24)25-12-5-4-11(8-12)14-10-15(21-20-14)19-16(23)9-13-6-7-18-26-13/h6-7,10-12H,3-5,8-9H2,1-2H3,(H2,19,20,21,23)/t11-,12?/m0/s1. The van der Waals surface area contributed by atoms with Crippen LogP contribution in [0.3, 0.4) is 0 Å². The van der Waals surface area contributed by atoms with Crippen molar-refractivity contribution in [2.75, 3.05) is 18.9 Å². The Balaban J connectivity index is 1.50. The first kappa shape index (κ1) is 18.0. The lowest BCUT2D eigenvalue weighted by Crippen LogP contribution is -2.30. The number of ether oxygens (including phenoxy) is 1. The van der Waals surface area contributed by atoms with Gasteiger partial charge in [0.25, 0.3) is 0 Å². The van der Waals surface area contributed by atoms with E-state index in [4.69, 9.17) is 9.26 Å². The maximum absolute atomic E-state index is 12.0. The van der Waals surface area contributed by atoms with Gasteiger partial charge in [0.2, 0.25) is 5.91 Å². The number of anilines is 1. The predicted octanol–water partition coefficient (Wildman–Crippen LogP) is 2.30. The normalized spacial score (nSPS) is 19.3. The molecule has 3 rings (SSSR count). The van der Waals surface area contributed by atoms with Gasteiger partial charge in [-0.25, -0.2) is 4.79 Å². The molecule has 2 heterocycles. The quantitative estimate of drug-likeness (QED) is 0.816. The number of carbonyl (C=O) groups excluding carboxylic acids is 2. The summed E-state index contributed by atoms with van der Waals surface area (Å²) < 4.78 is 10.4. The molecule has 2 aromatic rings. The highest BCUT2D eigenvalue weighted by Crippen LogP contribution is 2.36. The molecule has 2 amide bonds. The number of amides is 2. The minimum absolute atomic E-state index is 0.0886. The molecule has 1 aliphatic carbocycles. The molecule has 1 saturated carbocycles. The van der Waals surface area contributed by atoms with Gasteiger partial charge in [0.05, 0.1) is 12.6 Å². The highest BCUT2D eigenvalue weighted by atomic mass is 16.6. The lowest BCUT2D eigenvalue weighted by Gasteiger charge is -2.18. The first-order valence-corrected chi connectivity index (χ1v) is 8.71. The van der Waals surface area contributed by atoms with E-state index >= 15 is 0 Å². The molecule has 1 unspecified atom stereocenters. The van der Waals surface area contributed by atoms with Crippen LogP contribution in [0.5, 0.6) is 0 Å². The topological polar surface area (TPSA) is 113 Å². The number of carbonyl (C=O) groups is 2. The molecule has 26 heavy (non-hydrogen) atoms. The monoisotopic (exact) mass is 361 g/mol. The summed E-state index contributed by atoms with van der Waals surface area (Å²) in [7, 11) is 1.72. The van der Waals surface area contributed by atoms with E-state index in [-0.39, 0.29) is 30.4 Å². The van der Waals surface area contributed by atoms with Gasteiger partial charge in [-0.3, -0.25) is 9.89 Å². The van der Waals surface area contributed by atoms with E-state index in [0.29, 0.717) is 18.1 Å². The summed E-state index contributed by atoms with van der Waals surface area (Å²) in [5, 5.41) is 13.4. The van der Waals surface area contributed by atoms with E-state index in [0.717, 1.165) is 25.0 Å². The average molecular weight is 361 g/mol. The van der Waals surface area contributed by atoms with Crippen LogP contribution < -0.4 is 5.32 Å². The first-order valence-electron chi connectivity index (χ1n) is 8.71. The predicted molar refractivity (Wildman–Crippen MR) is 92.6 cm³/mol. The fourth-order valence-corrected chi connectivity index (χ4v) is 2.98. The molecule has 1 fully saturated rings. The van der Waals surface area contributed by atoms with Crippen LogP contribution in [-0.4, -0.2) is 52.0 Å².